The lowest BCUT2D eigenvalue weighted by molar-refractivity contribution is 0.390. The Hall–Kier alpha value is -1.68. The van der Waals surface area contributed by atoms with E-state index in [4.69, 9.17) is 0 Å². The van der Waals surface area contributed by atoms with Gasteiger partial charge in [-0.25, -0.2) is 0 Å². The number of benzene rings is 1. The van der Waals surface area contributed by atoms with Gasteiger partial charge < -0.3 is 5.32 Å². The van der Waals surface area contributed by atoms with E-state index in [-0.39, 0.29) is 0 Å². The van der Waals surface area contributed by atoms with Crippen molar-refractivity contribution >= 4 is 0 Å². The molecule has 0 spiro atoms. The first-order valence-electron chi connectivity index (χ1n) is 7.47. The zero-order chi connectivity index (χ0) is 13.9. The van der Waals surface area contributed by atoms with E-state index in [1.807, 2.05) is 17.9 Å². The van der Waals surface area contributed by atoms with Crippen molar-refractivity contribution in [2.75, 3.05) is 6.54 Å². The molecule has 4 heteroatoms. The lowest BCUT2D eigenvalue weighted by Gasteiger charge is -2.32. The van der Waals surface area contributed by atoms with Crippen LogP contribution in [0.1, 0.15) is 48.5 Å². The molecule has 106 valence electrons. The van der Waals surface area contributed by atoms with Gasteiger partial charge in [0.25, 0.3) is 0 Å². The molecule has 1 aliphatic carbocycles. The average molecular weight is 270 g/mol. The lowest BCUT2D eigenvalue weighted by Crippen LogP contribution is -2.30. The second kappa shape index (κ2) is 5.75. The molecule has 0 radical (unpaired) electrons. The molecule has 0 saturated carbocycles. The molecule has 1 aliphatic rings. The Morgan fingerprint density at radius 1 is 1.40 bits per heavy atom. The summed E-state index contributed by atoms with van der Waals surface area (Å²) in [5.74, 6) is 0.511. The maximum Gasteiger partial charge on any atom is 0.0759 e. The number of likely N-dealkylation sites (N-methyl/N-ethyl adjacent to an activating group) is 1. The van der Waals surface area contributed by atoms with E-state index in [2.05, 4.69) is 46.8 Å². The Morgan fingerprint density at radius 2 is 2.25 bits per heavy atom. The van der Waals surface area contributed by atoms with Gasteiger partial charge in [-0.3, -0.25) is 4.68 Å². The van der Waals surface area contributed by atoms with Crippen molar-refractivity contribution in [1.29, 1.82) is 0 Å². The third-order valence-corrected chi connectivity index (χ3v) is 4.31. The van der Waals surface area contributed by atoms with Gasteiger partial charge in [0.1, 0.15) is 0 Å². The van der Waals surface area contributed by atoms with E-state index in [1.165, 1.54) is 36.1 Å². The Morgan fingerprint density at radius 3 is 3.00 bits per heavy atom. The molecule has 1 aromatic heterocycles. The minimum atomic E-state index is 0.293. The molecular weight excluding hydrogens is 248 g/mol. The van der Waals surface area contributed by atoms with E-state index in [9.17, 15) is 0 Å². The molecule has 0 amide bonds. The highest BCUT2D eigenvalue weighted by molar-refractivity contribution is 5.35. The summed E-state index contributed by atoms with van der Waals surface area (Å²) in [5.41, 5.74) is 4.17. The fraction of sp³-hybridized carbons (Fsp3) is 0.500. The molecule has 3 rings (SSSR count). The number of rotatable bonds is 4. The minimum absolute atomic E-state index is 0.293. The summed E-state index contributed by atoms with van der Waals surface area (Å²) >= 11 is 0. The zero-order valence-corrected chi connectivity index (χ0v) is 12.2. The fourth-order valence-electron chi connectivity index (χ4n) is 3.39. The second-order valence-electron chi connectivity index (χ2n) is 5.52. The quantitative estimate of drug-likeness (QED) is 0.928. The van der Waals surface area contributed by atoms with Gasteiger partial charge in [-0.05, 0) is 36.9 Å². The Bertz CT molecular complexity index is 575. The molecule has 2 unspecified atom stereocenters. The first kappa shape index (κ1) is 13.3. The van der Waals surface area contributed by atoms with Gasteiger partial charge >= 0.3 is 0 Å². The van der Waals surface area contributed by atoms with Crippen LogP contribution in [0.25, 0.3) is 0 Å². The van der Waals surface area contributed by atoms with Crippen LogP contribution in [-0.4, -0.2) is 21.5 Å². The molecule has 1 aromatic carbocycles. The molecule has 1 N–H and O–H groups in total. The molecule has 0 aliphatic heterocycles. The number of nitrogens with zero attached hydrogens (tertiary/aromatic N) is 3. The zero-order valence-electron chi connectivity index (χ0n) is 12.2. The Kier molecular flexibility index (Phi) is 3.83. The molecule has 0 bridgehead atoms. The first-order valence-corrected chi connectivity index (χ1v) is 7.47. The highest BCUT2D eigenvalue weighted by atomic mass is 15.4. The third-order valence-electron chi connectivity index (χ3n) is 4.31. The second-order valence-corrected chi connectivity index (χ2v) is 5.52. The number of aromatic nitrogens is 3. The van der Waals surface area contributed by atoms with Crippen LogP contribution in [0.2, 0.25) is 0 Å². The summed E-state index contributed by atoms with van der Waals surface area (Å²) in [6.45, 7) is 3.11. The van der Waals surface area contributed by atoms with Crippen LogP contribution in [0.5, 0.6) is 0 Å². The van der Waals surface area contributed by atoms with E-state index in [0.717, 1.165) is 6.54 Å². The number of hydrogen-bond donors (Lipinski definition) is 1. The van der Waals surface area contributed by atoms with E-state index < -0.39 is 0 Å². The predicted octanol–water partition coefficient (Wildman–Crippen LogP) is 2.59. The maximum absolute atomic E-state index is 4.10. The average Bonchev–Trinajstić information content (AvgIpc) is 2.90. The highest BCUT2D eigenvalue weighted by Crippen LogP contribution is 2.39. The SMILES string of the molecule is CCNC(c1cnnn1C)C1CCCc2ccccc21. The molecule has 0 saturated heterocycles. The molecule has 0 fully saturated rings. The summed E-state index contributed by atoms with van der Waals surface area (Å²) in [6, 6.07) is 9.15. The van der Waals surface area contributed by atoms with Crippen molar-refractivity contribution in [1.82, 2.24) is 20.3 Å². The summed E-state index contributed by atoms with van der Waals surface area (Å²) < 4.78 is 1.89. The standard InChI is InChI=1S/C16H22N4/c1-3-17-16(15-11-18-19-20(15)2)14-10-6-8-12-7-4-5-9-13(12)14/h4-5,7,9,11,14,16-17H,3,6,8,10H2,1-2H3. The van der Waals surface area contributed by atoms with Crippen LogP contribution in [-0.2, 0) is 13.5 Å². The lowest BCUT2D eigenvalue weighted by atomic mass is 9.78. The van der Waals surface area contributed by atoms with Crippen LogP contribution >= 0.6 is 0 Å². The fourth-order valence-corrected chi connectivity index (χ4v) is 3.39. The van der Waals surface area contributed by atoms with Gasteiger partial charge in [0.05, 0.1) is 17.9 Å². The molecular formula is C16H22N4. The minimum Gasteiger partial charge on any atom is -0.308 e. The number of nitrogens with one attached hydrogen (secondary N) is 1. The van der Waals surface area contributed by atoms with Crippen LogP contribution in [0.15, 0.2) is 30.5 Å². The summed E-state index contributed by atoms with van der Waals surface area (Å²) in [7, 11) is 1.97. The summed E-state index contributed by atoms with van der Waals surface area (Å²) in [4.78, 5) is 0. The number of aryl methyl sites for hydroxylation is 2. The number of hydrogen-bond acceptors (Lipinski definition) is 3. The third kappa shape index (κ3) is 2.36. The van der Waals surface area contributed by atoms with Crippen molar-refractivity contribution in [2.24, 2.45) is 7.05 Å². The smallest absolute Gasteiger partial charge is 0.0759 e. The first-order chi connectivity index (χ1) is 9.81. The van der Waals surface area contributed by atoms with Crippen molar-refractivity contribution in [3.8, 4) is 0 Å². The van der Waals surface area contributed by atoms with Gasteiger partial charge in [-0.1, -0.05) is 36.4 Å². The monoisotopic (exact) mass is 270 g/mol. The van der Waals surface area contributed by atoms with E-state index in [0.29, 0.717) is 12.0 Å². The van der Waals surface area contributed by atoms with Crippen LogP contribution < -0.4 is 5.32 Å². The van der Waals surface area contributed by atoms with Gasteiger partial charge in [0.2, 0.25) is 0 Å². The van der Waals surface area contributed by atoms with Gasteiger partial charge in [0.15, 0.2) is 0 Å². The molecule has 2 aromatic rings. The largest absolute Gasteiger partial charge is 0.308 e. The summed E-state index contributed by atoms with van der Waals surface area (Å²) in [6.07, 6.45) is 5.58. The maximum atomic E-state index is 4.10. The van der Waals surface area contributed by atoms with Gasteiger partial charge in [-0.2, -0.15) is 0 Å². The normalized spacial score (nSPS) is 19.6. The Balaban J connectivity index is 1.99. The Labute approximate surface area is 120 Å². The number of fused-ring (bicyclic) bond motifs is 1. The van der Waals surface area contributed by atoms with Gasteiger partial charge in [-0.15, -0.1) is 5.10 Å². The van der Waals surface area contributed by atoms with E-state index >= 15 is 0 Å². The molecule has 4 nitrogen and oxygen atoms in total. The predicted molar refractivity (Wildman–Crippen MR) is 79.5 cm³/mol. The van der Waals surface area contributed by atoms with Crippen molar-refractivity contribution < 1.29 is 0 Å². The van der Waals surface area contributed by atoms with Crippen LogP contribution in [0.4, 0.5) is 0 Å². The molecule has 2 atom stereocenters. The van der Waals surface area contributed by atoms with Crippen molar-refractivity contribution in [3.05, 3.63) is 47.3 Å². The van der Waals surface area contributed by atoms with E-state index in [1.54, 1.807) is 0 Å². The van der Waals surface area contributed by atoms with Gasteiger partial charge in [0, 0.05) is 13.0 Å². The van der Waals surface area contributed by atoms with Crippen LogP contribution in [0, 0.1) is 0 Å². The molecule has 20 heavy (non-hydrogen) atoms. The topological polar surface area (TPSA) is 42.7 Å². The molecule has 1 heterocycles. The van der Waals surface area contributed by atoms with Crippen LogP contribution in [0.3, 0.4) is 0 Å². The van der Waals surface area contributed by atoms with Crippen molar-refractivity contribution in [3.63, 3.8) is 0 Å². The summed E-state index contributed by atoms with van der Waals surface area (Å²) in [5, 5.41) is 11.8. The highest BCUT2D eigenvalue weighted by Gasteiger charge is 2.30. The van der Waals surface area contributed by atoms with Crippen molar-refractivity contribution in [2.45, 2.75) is 38.1 Å².